The Labute approximate surface area is 186 Å². The molecule has 0 bridgehead atoms. The van der Waals surface area contributed by atoms with Gasteiger partial charge in [0, 0.05) is 30.2 Å². The molecule has 9 heteroatoms. The fourth-order valence-corrected chi connectivity index (χ4v) is 4.31. The molecule has 0 saturated carbocycles. The van der Waals surface area contributed by atoms with E-state index in [0.717, 1.165) is 4.31 Å². The van der Waals surface area contributed by atoms with Gasteiger partial charge in [0.1, 0.15) is 10.6 Å². The van der Waals surface area contributed by atoms with Gasteiger partial charge in [0.25, 0.3) is 0 Å². The quantitative estimate of drug-likeness (QED) is 0.499. The number of ether oxygens (including phenoxy) is 1. The molecule has 0 saturated heterocycles. The van der Waals surface area contributed by atoms with Crippen molar-refractivity contribution < 1.29 is 22.7 Å². The molecular formula is C23H23N3O5S. The number of pyridine rings is 1. The second-order valence-corrected chi connectivity index (χ2v) is 8.93. The molecule has 0 fully saturated rings. The Bertz CT molecular complexity index is 1180. The highest BCUT2D eigenvalue weighted by atomic mass is 32.2. The topological polar surface area (TPSA) is 106 Å². The van der Waals surface area contributed by atoms with Crippen molar-refractivity contribution in [3.63, 3.8) is 0 Å². The number of hydrogen-bond donors (Lipinski definition) is 1. The molecule has 8 nitrogen and oxygen atoms in total. The average Bonchev–Trinajstić information content (AvgIpc) is 2.80. The van der Waals surface area contributed by atoms with Crippen LogP contribution in [0.15, 0.2) is 78.0 Å². The Morgan fingerprint density at radius 3 is 2.28 bits per heavy atom. The van der Waals surface area contributed by atoms with Gasteiger partial charge in [-0.1, -0.05) is 12.1 Å². The fourth-order valence-electron chi connectivity index (χ4n) is 2.96. The lowest BCUT2D eigenvalue weighted by atomic mass is 10.1. The number of nitrogens with zero attached hydrogens (tertiary/aromatic N) is 2. The van der Waals surface area contributed by atoms with Crippen LogP contribution in [0.3, 0.4) is 0 Å². The largest absolute Gasteiger partial charge is 0.497 e. The molecule has 1 aromatic heterocycles. The molecule has 0 aliphatic heterocycles. The summed E-state index contributed by atoms with van der Waals surface area (Å²) in [5.41, 5.74) is 1.67. The van der Waals surface area contributed by atoms with Crippen LogP contribution in [0, 0.1) is 0 Å². The van der Waals surface area contributed by atoms with E-state index < -0.39 is 22.5 Å². The Kier molecular flexibility index (Phi) is 7.34. The lowest BCUT2D eigenvalue weighted by Gasteiger charge is -2.22. The number of sulfonamides is 1. The highest BCUT2D eigenvalue weighted by Crippen LogP contribution is 2.20. The number of carbonyl (C=O) groups is 2. The molecule has 32 heavy (non-hydrogen) atoms. The van der Waals surface area contributed by atoms with Crippen LogP contribution in [0.5, 0.6) is 5.75 Å². The number of aromatic nitrogens is 1. The molecule has 3 aromatic rings. The molecule has 2 aromatic carbocycles. The zero-order chi connectivity index (χ0) is 23.1. The van der Waals surface area contributed by atoms with Crippen molar-refractivity contribution in [3.8, 4) is 5.75 Å². The van der Waals surface area contributed by atoms with Crippen molar-refractivity contribution in [1.29, 1.82) is 0 Å². The molecule has 1 amide bonds. The molecule has 166 valence electrons. The molecule has 1 N–H and O–H groups in total. The van der Waals surface area contributed by atoms with Crippen molar-refractivity contribution >= 4 is 27.4 Å². The van der Waals surface area contributed by atoms with E-state index in [2.05, 4.69) is 10.3 Å². The van der Waals surface area contributed by atoms with Gasteiger partial charge in [0.05, 0.1) is 13.7 Å². The Hall–Kier alpha value is -3.56. The summed E-state index contributed by atoms with van der Waals surface area (Å²) in [5.74, 6) is 0.0415. The minimum absolute atomic E-state index is 0.00729. The summed E-state index contributed by atoms with van der Waals surface area (Å²) in [7, 11) is -2.44. The number of carbonyl (C=O) groups excluding carboxylic acids is 2. The standard InChI is InChI=1S/C23H23N3O5S/c1-17(27)19-7-9-20(10-8-19)25-23(28)16-26(15-18-5-11-21(31-2)12-6-18)32(29,30)22-4-3-13-24-14-22/h3-14H,15-16H2,1-2H3,(H,25,28). The van der Waals surface area contributed by atoms with Crippen molar-refractivity contribution in [2.75, 3.05) is 19.0 Å². The molecule has 0 atom stereocenters. The summed E-state index contributed by atoms with van der Waals surface area (Å²) in [6, 6.07) is 16.3. The first-order chi connectivity index (χ1) is 15.3. The first-order valence-electron chi connectivity index (χ1n) is 9.73. The third-order valence-corrected chi connectivity index (χ3v) is 6.46. The summed E-state index contributed by atoms with van der Waals surface area (Å²) >= 11 is 0. The van der Waals surface area contributed by atoms with Crippen LogP contribution in [0.1, 0.15) is 22.8 Å². The first-order valence-corrected chi connectivity index (χ1v) is 11.2. The lowest BCUT2D eigenvalue weighted by Crippen LogP contribution is -2.37. The van der Waals surface area contributed by atoms with E-state index in [-0.39, 0.29) is 17.2 Å². The molecular weight excluding hydrogens is 430 g/mol. The van der Waals surface area contributed by atoms with E-state index >= 15 is 0 Å². The molecule has 0 aliphatic rings. The summed E-state index contributed by atoms with van der Waals surface area (Å²) < 4.78 is 32.7. The van der Waals surface area contributed by atoms with Gasteiger partial charge in [0.15, 0.2) is 5.78 Å². The second kappa shape index (κ2) is 10.2. The van der Waals surface area contributed by atoms with E-state index in [1.54, 1.807) is 55.6 Å². The molecule has 3 rings (SSSR count). The highest BCUT2D eigenvalue weighted by Gasteiger charge is 2.27. The summed E-state index contributed by atoms with van der Waals surface area (Å²) in [6.07, 6.45) is 2.72. The predicted octanol–water partition coefficient (Wildman–Crippen LogP) is 3.12. The van der Waals surface area contributed by atoms with E-state index in [9.17, 15) is 18.0 Å². The van der Waals surface area contributed by atoms with Crippen LogP contribution in [0.4, 0.5) is 5.69 Å². The maximum absolute atomic E-state index is 13.2. The van der Waals surface area contributed by atoms with E-state index in [0.29, 0.717) is 22.6 Å². The number of amides is 1. The average molecular weight is 454 g/mol. The summed E-state index contributed by atoms with van der Waals surface area (Å²) in [6.45, 7) is 1.03. The van der Waals surface area contributed by atoms with Crippen LogP contribution in [0.2, 0.25) is 0 Å². The van der Waals surface area contributed by atoms with Gasteiger partial charge in [-0.15, -0.1) is 0 Å². The number of benzene rings is 2. The predicted molar refractivity (Wildman–Crippen MR) is 120 cm³/mol. The highest BCUT2D eigenvalue weighted by molar-refractivity contribution is 7.89. The van der Waals surface area contributed by atoms with Gasteiger partial charge < -0.3 is 10.1 Å². The molecule has 0 unspecified atom stereocenters. The summed E-state index contributed by atoms with van der Waals surface area (Å²) in [5, 5.41) is 2.67. The second-order valence-electron chi connectivity index (χ2n) is 6.99. The lowest BCUT2D eigenvalue weighted by molar-refractivity contribution is -0.116. The minimum atomic E-state index is -3.99. The van der Waals surface area contributed by atoms with Gasteiger partial charge in [-0.2, -0.15) is 4.31 Å². The smallest absolute Gasteiger partial charge is 0.245 e. The van der Waals surface area contributed by atoms with E-state index in [1.807, 2.05) is 0 Å². The van der Waals surface area contributed by atoms with Gasteiger partial charge in [-0.3, -0.25) is 14.6 Å². The van der Waals surface area contributed by atoms with Crippen LogP contribution < -0.4 is 10.1 Å². The Morgan fingerprint density at radius 1 is 1.03 bits per heavy atom. The maximum atomic E-state index is 13.2. The van der Waals surface area contributed by atoms with E-state index in [4.69, 9.17) is 4.74 Å². The fraction of sp³-hybridized carbons (Fsp3) is 0.174. The first kappa shape index (κ1) is 23.1. The van der Waals surface area contributed by atoms with Crippen molar-refractivity contribution in [3.05, 3.63) is 84.2 Å². The Balaban J connectivity index is 1.82. The number of methoxy groups -OCH3 is 1. The third kappa shape index (κ3) is 5.77. The van der Waals surface area contributed by atoms with Gasteiger partial charge >= 0.3 is 0 Å². The number of nitrogens with one attached hydrogen (secondary N) is 1. The van der Waals surface area contributed by atoms with Crippen LogP contribution >= 0.6 is 0 Å². The number of ketones is 1. The van der Waals surface area contributed by atoms with Crippen LogP contribution in [-0.2, 0) is 21.4 Å². The van der Waals surface area contributed by atoms with Gasteiger partial charge in [0.2, 0.25) is 15.9 Å². The minimum Gasteiger partial charge on any atom is -0.497 e. The van der Waals surface area contributed by atoms with Crippen LogP contribution in [-0.4, -0.2) is 43.1 Å². The Morgan fingerprint density at radius 2 is 1.72 bits per heavy atom. The normalized spacial score (nSPS) is 11.2. The van der Waals surface area contributed by atoms with Crippen molar-refractivity contribution in [1.82, 2.24) is 9.29 Å². The van der Waals surface area contributed by atoms with Crippen molar-refractivity contribution in [2.24, 2.45) is 0 Å². The molecule has 0 spiro atoms. The molecule has 1 heterocycles. The SMILES string of the molecule is COc1ccc(CN(CC(=O)Nc2ccc(C(C)=O)cc2)S(=O)(=O)c2cccnc2)cc1. The monoisotopic (exact) mass is 453 g/mol. The maximum Gasteiger partial charge on any atom is 0.245 e. The zero-order valence-electron chi connectivity index (χ0n) is 17.7. The number of rotatable bonds is 9. The van der Waals surface area contributed by atoms with E-state index in [1.165, 1.54) is 31.5 Å². The summed E-state index contributed by atoms with van der Waals surface area (Å²) in [4.78, 5) is 28.0. The third-order valence-electron chi connectivity index (χ3n) is 4.69. The zero-order valence-corrected chi connectivity index (χ0v) is 18.5. The van der Waals surface area contributed by atoms with Crippen molar-refractivity contribution in [2.45, 2.75) is 18.4 Å². The number of Topliss-reactive ketones (excluding diaryl/α,β-unsaturated/α-hetero) is 1. The van der Waals surface area contributed by atoms with Gasteiger partial charge in [-0.25, -0.2) is 8.42 Å². The molecule has 0 radical (unpaired) electrons. The van der Waals surface area contributed by atoms with Gasteiger partial charge in [-0.05, 0) is 61.0 Å². The molecule has 0 aliphatic carbocycles. The van der Waals surface area contributed by atoms with Crippen LogP contribution in [0.25, 0.3) is 0 Å². The number of hydrogen-bond acceptors (Lipinski definition) is 6. The number of anilines is 1.